The SMILES string of the molecule is Cc1ccsc1CN(C)C1CCC(C(=O)O)CC1. The smallest absolute Gasteiger partial charge is 0.306 e. The van der Waals surface area contributed by atoms with Gasteiger partial charge in [0.25, 0.3) is 0 Å². The molecular formula is C14H21NO2S. The largest absolute Gasteiger partial charge is 0.481 e. The van der Waals surface area contributed by atoms with Crippen molar-refractivity contribution in [2.45, 2.75) is 45.2 Å². The third-order valence-electron chi connectivity index (χ3n) is 4.03. The van der Waals surface area contributed by atoms with E-state index in [1.54, 1.807) is 0 Å². The van der Waals surface area contributed by atoms with Crippen LogP contribution in [0.4, 0.5) is 0 Å². The van der Waals surface area contributed by atoms with E-state index < -0.39 is 5.97 Å². The first-order chi connectivity index (χ1) is 8.58. The molecule has 1 aromatic rings. The highest BCUT2D eigenvalue weighted by Gasteiger charge is 2.28. The second-order valence-corrected chi connectivity index (χ2v) is 6.29. The summed E-state index contributed by atoms with van der Waals surface area (Å²) >= 11 is 1.81. The number of carboxylic acids is 1. The summed E-state index contributed by atoms with van der Waals surface area (Å²) in [6.07, 6.45) is 3.68. The van der Waals surface area contributed by atoms with Crippen LogP contribution in [0.15, 0.2) is 11.4 Å². The molecule has 1 aliphatic carbocycles. The Morgan fingerprint density at radius 1 is 1.44 bits per heavy atom. The fourth-order valence-electron chi connectivity index (χ4n) is 2.69. The summed E-state index contributed by atoms with van der Waals surface area (Å²) in [6, 6.07) is 2.71. The zero-order valence-corrected chi connectivity index (χ0v) is 11.9. The van der Waals surface area contributed by atoms with Crippen molar-refractivity contribution in [3.05, 3.63) is 21.9 Å². The summed E-state index contributed by atoms with van der Waals surface area (Å²) < 4.78 is 0. The van der Waals surface area contributed by atoms with E-state index in [9.17, 15) is 4.79 Å². The fraction of sp³-hybridized carbons (Fsp3) is 0.643. The van der Waals surface area contributed by atoms with Crippen LogP contribution in [0.1, 0.15) is 36.1 Å². The lowest BCUT2D eigenvalue weighted by Crippen LogP contribution is -2.36. The van der Waals surface area contributed by atoms with Gasteiger partial charge in [0.1, 0.15) is 0 Å². The van der Waals surface area contributed by atoms with Gasteiger partial charge < -0.3 is 5.11 Å². The molecule has 0 radical (unpaired) electrons. The molecule has 0 aromatic carbocycles. The van der Waals surface area contributed by atoms with Crippen LogP contribution in [-0.2, 0) is 11.3 Å². The Labute approximate surface area is 112 Å². The van der Waals surface area contributed by atoms with E-state index in [-0.39, 0.29) is 5.92 Å². The van der Waals surface area contributed by atoms with Gasteiger partial charge in [-0.15, -0.1) is 11.3 Å². The van der Waals surface area contributed by atoms with Crippen molar-refractivity contribution in [3.8, 4) is 0 Å². The van der Waals surface area contributed by atoms with Crippen LogP contribution in [0.25, 0.3) is 0 Å². The van der Waals surface area contributed by atoms with E-state index in [4.69, 9.17) is 5.11 Å². The number of aliphatic carboxylic acids is 1. The van der Waals surface area contributed by atoms with Gasteiger partial charge in [0.05, 0.1) is 5.92 Å². The van der Waals surface area contributed by atoms with Gasteiger partial charge in [0, 0.05) is 17.5 Å². The Bertz CT molecular complexity index is 408. The molecule has 0 amide bonds. The molecule has 18 heavy (non-hydrogen) atoms. The van der Waals surface area contributed by atoms with Crippen LogP contribution in [-0.4, -0.2) is 29.1 Å². The zero-order valence-electron chi connectivity index (χ0n) is 11.1. The average Bonchev–Trinajstić information content (AvgIpc) is 2.75. The van der Waals surface area contributed by atoms with Gasteiger partial charge >= 0.3 is 5.97 Å². The molecule has 0 bridgehead atoms. The minimum atomic E-state index is -0.620. The highest BCUT2D eigenvalue weighted by molar-refractivity contribution is 7.10. The van der Waals surface area contributed by atoms with Gasteiger partial charge in [0.15, 0.2) is 0 Å². The van der Waals surface area contributed by atoms with E-state index in [1.165, 1.54) is 10.4 Å². The highest BCUT2D eigenvalue weighted by Crippen LogP contribution is 2.28. The quantitative estimate of drug-likeness (QED) is 0.911. The number of rotatable bonds is 4. The normalized spacial score (nSPS) is 24.4. The van der Waals surface area contributed by atoms with Crippen LogP contribution < -0.4 is 0 Å². The molecule has 0 unspecified atom stereocenters. The second kappa shape index (κ2) is 5.85. The van der Waals surface area contributed by atoms with Crippen LogP contribution in [0.2, 0.25) is 0 Å². The number of carbonyl (C=O) groups is 1. The maximum absolute atomic E-state index is 10.9. The van der Waals surface area contributed by atoms with Crippen LogP contribution in [0.5, 0.6) is 0 Å². The minimum absolute atomic E-state index is 0.113. The monoisotopic (exact) mass is 267 g/mol. The molecule has 100 valence electrons. The molecule has 1 saturated carbocycles. The zero-order chi connectivity index (χ0) is 13.1. The van der Waals surface area contributed by atoms with Gasteiger partial charge in [-0.1, -0.05) is 0 Å². The summed E-state index contributed by atoms with van der Waals surface area (Å²) in [5.41, 5.74) is 1.37. The van der Waals surface area contributed by atoms with Gasteiger partial charge in [-0.2, -0.15) is 0 Å². The first kappa shape index (κ1) is 13.6. The molecule has 1 aliphatic rings. The van der Waals surface area contributed by atoms with Crippen molar-refractivity contribution in [2.75, 3.05) is 7.05 Å². The molecule has 1 aromatic heterocycles. The number of carboxylic acid groups (broad SMARTS) is 1. The number of nitrogens with zero attached hydrogens (tertiary/aromatic N) is 1. The second-order valence-electron chi connectivity index (χ2n) is 5.29. The molecule has 0 atom stereocenters. The van der Waals surface area contributed by atoms with Crippen LogP contribution in [0.3, 0.4) is 0 Å². The maximum Gasteiger partial charge on any atom is 0.306 e. The lowest BCUT2D eigenvalue weighted by atomic mass is 9.85. The van der Waals surface area contributed by atoms with Crippen LogP contribution >= 0.6 is 11.3 Å². The molecule has 1 heterocycles. The van der Waals surface area contributed by atoms with Crippen molar-refractivity contribution in [1.82, 2.24) is 4.90 Å². The Kier molecular flexibility index (Phi) is 4.40. The Morgan fingerprint density at radius 2 is 2.11 bits per heavy atom. The van der Waals surface area contributed by atoms with Gasteiger partial charge in [0.2, 0.25) is 0 Å². The maximum atomic E-state index is 10.9. The Hall–Kier alpha value is -0.870. The number of hydrogen-bond donors (Lipinski definition) is 1. The Morgan fingerprint density at radius 3 is 2.61 bits per heavy atom. The molecule has 0 aliphatic heterocycles. The number of thiophene rings is 1. The van der Waals surface area contributed by atoms with Crippen molar-refractivity contribution >= 4 is 17.3 Å². The third kappa shape index (κ3) is 3.12. The lowest BCUT2D eigenvalue weighted by molar-refractivity contribution is -0.143. The van der Waals surface area contributed by atoms with Crippen molar-refractivity contribution < 1.29 is 9.90 Å². The van der Waals surface area contributed by atoms with E-state index in [0.717, 1.165) is 32.2 Å². The van der Waals surface area contributed by atoms with E-state index in [0.29, 0.717) is 6.04 Å². The van der Waals surface area contributed by atoms with Crippen molar-refractivity contribution in [2.24, 2.45) is 5.92 Å². The minimum Gasteiger partial charge on any atom is -0.481 e. The summed E-state index contributed by atoms with van der Waals surface area (Å²) in [6.45, 7) is 3.15. The summed E-state index contributed by atoms with van der Waals surface area (Å²) in [5, 5.41) is 11.1. The molecule has 4 heteroatoms. The van der Waals surface area contributed by atoms with E-state index >= 15 is 0 Å². The predicted octanol–water partition coefficient (Wildman–Crippen LogP) is 3.13. The summed E-state index contributed by atoms with van der Waals surface area (Å²) in [4.78, 5) is 14.7. The molecular weight excluding hydrogens is 246 g/mol. The first-order valence-electron chi connectivity index (χ1n) is 6.54. The number of hydrogen-bond acceptors (Lipinski definition) is 3. The van der Waals surface area contributed by atoms with Crippen molar-refractivity contribution in [3.63, 3.8) is 0 Å². The molecule has 2 rings (SSSR count). The standard InChI is InChI=1S/C14H21NO2S/c1-10-7-8-18-13(10)9-15(2)12-5-3-11(4-6-12)14(16)17/h7-8,11-12H,3-6,9H2,1-2H3,(H,16,17). The molecule has 0 saturated heterocycles. The van der Waals surface area contributed by atoms with Crippen molar-refractivity contribution in [1.29, 1.82) is 0 Å². The fourth-order valence-corrected chi connectivity index (χ4v) is 3.65. The predicted molar refractivity (Wildman–Crippen MR) is 73.9 cm³/mol. The third-order valence-corrected chi connectivity index (χ3v) is 5.04. The molecule has 1 fully saturated rings. The first-order valence-corrected chi connectivity index (χ1v) is 7.42. The molecule has 1 N–H and O–H groups in total. The van der Waals surface area contributed by atoms with Gasteiger partial charge in [-0.3, -0.25) is 9.69 Å². The van der Waals surface area contributed by atoms with Gasteiger partial charge in [-0.05, 0) is 56.7 Å². The van der Waals surface area contributed by atoms with E-state index in [2.05, 4.69) is 30.3 Å². The molecule has 3 nitrogen and oxygen atoms in total. The lowest BCUT2D eigenvalue weighted by Gasteiger charge is -2.33. The Balaban J connectivity index is 1.86. The van der Waals surface area contributed by atoms with Gasteiger partial charge in [-0.25, -0.2) is 0 Å². The highest BCUT2D eigenvalue weighted by atomic mass is 32.1. The molecule has 0 spiro atoms. The summed E-state index contributed by atoms with van der Waals surface area (Å²) in [5.74, 6) is -0.733. The number of aryl methyl sites for hydroxylation is 1. The van der Waals surface area contributed by atoms with E-state index in [1.807, 2.05) is 11.3 Å². The average molecular weight is 267 g/mol. The van der Waals surface area contributed by atoms with Crippen LogP contribution in [0, 0.1) is 12.8 Å². The topological polar surface area (TPSA) is 40.5 Å². The summed E-state index contributed by atoms with van der Waals surface area (Å²) in [7, 11) is 2.16.